The SMILES string of the molecule is COCCNC(=O)[C@@H]1CN(C(=O)c2cccc(Cl)c2)C[C@H]1c1cccc(OC)c1OC. The molecule has 1 saturated heterocycles. The third-order valence-electron chi connectivity index (χ3n) is 5.45. The van der Waals surface area contributed by atoms with Crippen LogP contribution in [0.25, 0.3) is 0 Å². The third-order valence-corrected chi connectivity index (χ3v) is 5.69. The summed E-state index contributed by atoms with van der Waals surface area (Å²) < 4.78 is 16.1. The summed E-state index contributed by atoms with van der Waals surface area (Å²) in [5.41, 5.74) is 1.32. The normalized spacial score (nSPS) is 18.0. The maximum atomic E-state index is 13.1. The van der Waals surface area contributed by atoms with Gasteiger partial charge in [0.25, 0.3) is 5.91 Å². The highest BCUT2D eigenvalue weighted by Crippen LogP contribution is 2.42. The number of methoxy groups -OCH3 is 3. The summed E-state index contributed by atoms with van der Waals surface area (Å²) in [6, 6.07) is 12.4. The second kappa shape index (κ2) is 10.5. The van der Waals surface area contributed by atoms with Gasteiger partial charge in [0.2, 0.25) is 5.91 Å². The highest BCUT2D eigenvalue weighted by atomic mass is 35.5. The molecule has 3 rings (SSSR count). The van der Waals surface area contributed by atoms with E-state index in [1.807, 2.05) is 12.1 Å². The van der Waals surface area contributed by atoms with E-state index in [-0.39, 0.29) is 24.3 Å². The molecule has 2 amide bonds. The summed E-state index contributed by atoms with van der Waals surface area (Å²) in [6.07, 6.45) is 0. The van der Waals surface area contributed by atoms with E-state index in [0.29, 0.717) is 41.8 Å². The van der Waals surface area contributed by atoms with Crippen molar-refractivity contribution in [2.24, 2.45) is 5.92 Å². The molecule has 8 heteroatoms. The molecule has 0 spiro atoms. The molecule has 0 bridgehead atoms. The monoisotopic (exact) mass is 446 g/mol. The number of benzene rings is 2. The number of hydrogen-bond acceptors (Lipinski definition) is 5. The Hall–Kier alpha value is -2.77. The number of nitrogens with zero attached hydrogens (tertiary/aromatic N) is 1. The van der Waals surface area contributed by atoms with Gasteiger partial charge in [0.1, 0.15) is 0 Å². The van der Waals surface area contributed by atoms with Crippen LogP contribution in [0.1, 0.15) is 21.8 Å². The van der Waals surface area contributed by atoms with E-state index in [1.165, 1.54) is 0 Å². The lowest BCUT2D eigenvalue weighted by molar-refractivity contribution is -0.125. The molecule has 2 aromatic carbocycles. The van der Waals surface area contributed by atoms with Crippen molar-refractivity contribution in [1.82, 2.24) is 10.2 Å². The molecule has 0 aliphatic carbocycles. The first-order valence-electron chi connectivity index (χ1n) is 10.0. The number of para-hydroxylation sites is 1. The minimum absolute atomic E-state index is 0.131. The van der Waals surface area contributed by atoms with Crippen LogP contribution in [0.4, 0.5) is 0 Å². The zero-order chi connectivity index (χ0) is 22.4. The second-order valence-electron chi connectivity index (χ2n) is 7.30. The van der Waals surface area contributed by atoms with Gasteiger partial charge >= 0.3 is 0 Å². The Morgan fingerprint density at radius 2 is 1.87 bits per heavy atom. The lowest BCUT2D eigenvalue weighted by atomic mass is 9.87. The van der Waals surface area contributed by atoms with E-state index in [0.717, 1.165) is 5.56 Å². The molecule has 0 radical (unpaired) electrons. The fraction of sp³-hybridized carbons (Fsp3) is 0.391. The van der Waals surface area contributed by atoms with Gasteiger partial charge in [-0.05, 0) is 24.3 Å². The molecule has 1 aliphatic rings. The van der Waals surface area contributed by atoms with Gasteiger partial charge in [-0.25, -0.2) is 0 Å². The quantitative estimate of drug-likeness (QED) is 0.631. The van der Waals surface area contributed by atoms with E-state index in [4.69, 9.17) is 25.8 Å². The average Bonchev–Trinajstić information content (AvgIpc) is 3.23. The summed E-state index contributed by atoms with van der Waals surface area (Å²) in [5.74, 6) is 0.159. The molecular formula is C23H27ClN2O5. The number of halogens is 1. The van der Waals surface area contributed by atoms with Crippen LogP contribution in [0.5, 0.6) is 11.5 Å². The number of nitrogens with one attached hydrogen (secondary N) is 1. The van der Waals surface area contributed by atoms with Crippen molar-refractivity contribution in [2.75, 3.05) is 47.6 Å². The van der Waals surface area contributed by atoms with Gasteiger partial charge in [-0.2, -0.15) is 0 Å². The molecule has 166 valence electrons. The molecule has 7 nitrogen and oxygen atoms in total. The van der Waals surface area contributed by atoms with Gasteiger partial charge in [0.15, 0.2) is 11.5 Å². The number of rotatable bonds is 8. The van der Waals surface area contributed by atoms with E-state index in [1.54, 1.807) is 56.6 Å². The van der Waals surface area contributed by atoms with Crippen molar-refractivity contribution in [3.63, 3.8) is 0 Å². The summed E-state index contributed by atoms with van der Waals surface area (Å²) in [4.78, 5) is 27.9. The first-order valence-corrected chi connectivity index (χ1v) is 10.4. The molecular weight excluding hydrogens is 420 g/mol. The highest BCUT2D eigenvalue weighted by molar-refractivity contribution is 6.30. The Balaban J connectivity index is 1.93. The van der Waals surface area contributed by atoms with Crippen molar-refractivity contribution in [3.8, 4) is 11.5 Å². The minimum atomic E-state index is -0.444. The first-order chi connectivity index (χ1) is 15.0. The number of ether oxygens (including phenoxy) is 3. The smallest absolute Gasteiger partial charge is 0.253 e. The van der Waals surface area contributed by atoms with Crippen molar-refractivity contribution in [1.29, 1.82) is 0 Å². The van der Waals surface area contributed by atoms with E-state index in [9.17, 15) is 9.59 Å². The Bertz CT molecular complexity index is 936. The average molecular weight is 447 g/mol. The van der Waals surface area contributed by atoms with Crippen LogP contribution in [0, 0.1) is 5.92 Å². The number of likely N-dealkylation sites (tertiary alicyclic amines) is 1. The summed E-state index contributed by atoms with van der Waals surface area (Å²) in [7, 11) is 4.72. The van der Waals surface area contributed by atoms with Gasteiger partial charge in [-0.3, -0.25) is 9.59 Å². The molecule has 1 N–H and O–H groups in total. The number of carbonyl (C=O) groups excluding carboxylic acids is 2. The van der Waals surface area contributed by atoms with Gasteiger partial charge in [0, 0.05) is 48.8 Å². The molecule has 0 unspecified atom stereocenters. The lowest BCUT2D eigenvalue weighted by Crippen LogP contribution is -2.37. The maximum absolute atomic E-state index is 13.1. The van der Waals surface area contributed by atoms with Crippen LogP contribution >= 0.6 is 11.6 Å². The largest absolute Gasteiger partial charge is 0.493 e. The van der Waals surface area contributed by atoms with Crippen LogP contribution in [0.15, 0.2) is 42.5 Å². The van der Waals surface area contributed by atoms with Crippen molar-refractivity contribution in [3.05, 3.63) is 58.6 Å². The summed E-state index contributed by atoms with van der Waals surface area (Å²) in [5, 5.41) is 3.40. The van der Waals surface area contributed by atoms with E-state index in [2.05, 4.69) is 5.32 Å². The predicted molar refractivity (Wildman–Crippen MR) is 118 cm³/mol. The minimum Gasteiger partial charge on any atom is -0.493 e. The number of hydrogen-bond donors (Lipinski definition) is 1. The topological polar surface area (TPSA) is 77.1 Å². The number of amides is 2. The lowest BCUT2D eigenvalue weighted by Gasteiger charge is -2.21. The molecule has 1 fully saturated rings. The number of carbonyl (C=O) groups is 2. The molecule has 1 heterocycles. The zero-order valence-corrected chi connectivity index (χ0v) is 18.6. The molecule has 0 saturated carbocycles. The van der Waals surface area contributed by atoms with Gasteiger partial charge in [-0.15, -0.1) is 0 Å². The maximum Gasteiger partial charge on any atom is 0.253 e. The highest BCUT2D eigenvalue weighted by Gasteiger charge is 2.42. The predicted octanol–water partition coefficient (Wildman–Crippen LogP) is 2.98. The molecule has 0 aromatic heterocycles. The van der Waals surface area contributed by atoms with Crippen molar-refractivity contribution < 1.29 is 23.8 Å². The van der Waals surface area contributed by atoms with E-state index >= 15 is 0 Å². The molecule has 31 heavy (non-hydrogen) atoms. The first kappa shape index (κ1) is 22.9. The van der Waals surface area contributed by atoms with Gasteiger partial charge in [-0.1, -0.05) is 29.8 Å². The standard InChI is InChI=1S/C23H27ClN2O5/c1-29-11-10-25-22(27)19-14-26(23(28)15-6-4-7-16(24)12-15)13-18(19)17-8-5-9-20(30-2)21(17)31-3/h4-9,12,18-19H,10-11,13-14H2,1-3H3,(H,25,27)/t18-,19+/m0/s1. The molecule has 2 aromatic rings. The van der Waals surface area contributed by atoms with Crippen molar-refractivity contribution in [2.45, 2.75) is 5.92 Å². The van der Waals surface area contributed by atoms with Crippen LogP contribution in [0.3, 0.4) is 0 Å². The summed E-state index contributed by atoms with van der Waals surface area (Å²) in [6.45, 7) is 1.47. The van der Waals surface area contributed by atoms with Gasteiger partial charge in [0.05, 0.1) is 26.7 Å². The van der Waals surface area contributed by atoms with Crippen LogP contribution in [-0.2, 0) is 9.53 Å². The fourth-order valence-corrected chi connectivity index (χ4v) is 4.16. The summed E-state index contributed by atoms with van der Waals surface area (Å²) >= 11 is 6.07. The molecule has 1 aliphatic heterocycles. The van der Waals surface area contributed by atoms with Gasteiger partial charge < -0.3 is 24.4 Å². The Morgan fingerprint density at radius 3 is 2.55 bits per heavy atom. The Morgan fingerprint density at radius 1 is 1.10 bits per heavy atom. The second-order valence-corrected chi connectivity index (χ2v) is 7.74. The third kappa shape index (κ3) is 5.11. The fourth-order valence-electron chi connectivity index (χ4n) is 3.97. The molecule has 2 atom stereocenters. The zero-order valence-electron chi connectivity index (χ0n) is 17.9. The van der Waals surface area contributed by atoms with Crippen molar-refractivity contribution >= 4 is 23.4 Å². The Kier molecular flexibility index (Phi) is 7.76. The van der Waals surface area contributed by atoms with Crippen LogP contribution < -0.4 is 14.8 Å². The Labute approximate surface area is 187 Å². The van der Waals surface area contributed by atoms with E-state index < -0.39 is 5.92 Å². The van der Waals surface area contributed by atoms with Crippen LogP contribution in [-0.4, -0.2) is 64.3 Å². The van der Waals surface area contributed by atoms with Crippen LogP contribution in [0.2, 0.25) is 5.02 Å².